The Labute approximate surface area is 373 Å². The Morgan fingerprint density at radius 1 is 0.892 bits per heavy atom. The lowest BCUT2D eigenvalue weighted by Gasteiger charge is -2.38. The zero-order valence-corrected chi connectivity index (χ0v) is 36.3. The third-order valence-electron chi connectivity index (χ3n) is 13.6. The van der Waals surface area contributed by atoms with Crippen LogP contribution in [0.4, 0.5) is 37.6 Å². The first-order valence-electron chi connectivity index (χ1n) is 22.2. The largest absolute Gasteiger partial charge is 0.368 e. The predicted octanol–water partition coefficient (Wildman–Crippen LogP) is 2.83. The van der Waals surface area contributed by atoms with Crippen LogP contribution >= 0.6 is 0 Å². The number of nitrogens with one attached hydrogen (secondary N) is 3. The van der Waals surface area contributed by atoms with Gasteiger partial charge in [0.2, 0.25) is 23.7 Å². The van der Waals surface area contributed by atoms with E-state index in [2.05, 4.69) is 30.8 Å². The Bertz CT molecular complexity index is 2470. The van der Waals surface area contributed by atoms with Crippen molar-refractivity contribution in [1.82, 2.24) is 35.3 Å². The van der Waals surface area contributed by atoms with E-state index in [-0.39, 0.29) is 71.9 Å². The smallest absolute Gasteiger partial charge is 0.342 e. The highest BCUT2D eigenvalue weighted by atomic mass is 19.3. The summed E-state index contributed by atoms with van der Waals surface area (Å²) in [5.74, 6) is -6.88. The van der Waals surface area contributed by atoms with Gasteiger partial charge in [0, 0.05) is 76.1 Å². The number of carbonyl (C=O) groups excluding carboxylic acids is 7. The summed E-state index contributed by atoms with van der Waals surface area (Å²) in [6.07, 6.45) is 5.97. The lowest BCUT2D eigenvalue weighted by atomic mass is 10.0. The van der Waals surface area contributed by atoms with Gasteiger partial charge in [0.05, 0.1) is 36.1 Å². The molecule has 5 aliphatic heterocycles. The first-order valence-corrected chi connectivity index (χ1v) is 22.2. The van der Waals surface area contributed by atoms with Crippen molar-refractivity contribution in [3.63, 3.8) is 0 Å². The second-order valence-corrected chi connectivity index (χ2v) is 17.7. The number of alkyl halides is 2. The number of piperidine rings is 2. The minimum absolute atomic E-state index is 0.00801. The maximum atomic E-state index is 15.0. The van der Waals surface area contributed by atoms with E-state index in [4.69, 9.17) is 0 Å². The predicted molar refractivity (Wildman–Crippen MR) is 233 cm³/mol. The molecule has 9 rings (SSSR count). The summed E-state index contributed by atoms with van der Waals surface area (Å²) in [6, 6.07) is 8.90. The van der Waals surface area contributed by atoms with Crippen LogP contribution in [0, 0.1) is 6.92 Å². The summed E-state index contributed by atoms with van der Waals surface area (Å²) in [5, 5.41) is 8.50. The summed E-state index contributed by atoms with van der Waals surface area (Å²) < 4.78 is 30.1. The van der Waals surface area contributed by atoms with Gasteiger partial charge in [-0.1, -0.05) is 18.9 Å². The number of nitrogens with zero attached hydrogens (tertiary/aromatic N) is 8. The first kappa shape index (κ1) is 43.7. The lowest BCUT2D eigenvalue weighted by molar-refractivity contribution is -0.140. The number of anilines is 5. The van der Waals surface area contributed by atoms with Crippen LogP contribution in [-0.2, 0) is 19.2 Å². The molecule has 3 saturated heterocycles. The molecule has 3 N–H and O–H groups in total. The average Bonchev–Trinajstić information content (AvgIpc) is 3.91. The molecular weight excluding hydrogens is 845 g/mol. The molecule has 4 fully saturated rings. The summed E-state index contributed by atoms with van der Waals surface area (Å²) in [4.78, 5) is 109. The van der Waals surface area contributed by atoms with Crippen molar-refractivity contribution in [2.45, 2.75) is 82.3 Å². The molecule has 1 aliphatic carbocycles. The maximum Gasteiger partial charge on any atom is 0.342 e. The van der Waals surface area contributed by atoms with Crippen LogP contribution in [0.2, 0.25) is 0 Å². The van der Waals surface area contributed by atoms with E-state index in [0.717, 1.165) is 41.0 Å². The molecule has 1 unspecified atom stereocenters. The number of hydrogen-bond acceptors (Lipinski definition) is 13. The molecule has 1 aromatic heterocycles. The number of likely N-dealkylation sites (tertiary alicyclic amines) is 1. The Morgan fingerprint density at radius 3 is 2.34 bits per heavy atom. The molecule has 65 heavy (non-hydrogen) atoms. The summed E-state index contributed by atoms with van der Waals surface area (Å²) in [5.41, 5.74) is 3.10. The molecule has 342 valence electrons. The van der Waals surface area contributed by atoms with Crippen molar-refractivity contribution >= 4 is 70.2 Å². The summed E-state index contributed by atoms with van der Waals surface area (Å²) in [6.45, 7) is 4.41. The fourth-order valence-electron chi connectivity index (χ4n) is 9.91. The zero-order chi connectivity index (χ0) is 45.7. The number of imide groups is 2. The van der Waals surface area contributed by atoms with E-state index in [0.29, 0.717) is 69.0 Å². The number of amides is 7. The van der Waals surface area contributed by atoms with Gasteiger partial charge < -0.3 is 30.2 Å². The van der Waals surface area contributed by atoms with Crippen LogP contribution in [0.1, 0.15) is 88.0 Å². The van der Waals surface area contributed by atoms with Gasteiger partial charge >= 0.3 is 5.92 Å². The van der Waals surface area contributed by atoms with Crippen LogP contribution in [-0.4, -0.2) is 149 Å². The highest BCUT2D eigenvalue weighted by molar-refractivity contribution is 6.25. The molecule has 2 aromatic carbocycles. The Hall–Kier alpha value is -6.57. The Balaban J connectivity index is 0.754. The van der Waals surface area contributed by atoms with Crippen molar-refractivity contribution in [1.29, 1.82) is 0 Å². The van der Waals surface area contributed by atoms with Crippen LogP contribution in [0.25, 0.3) is 0 Å². The van der Waals surface area contributed by atoms with Gasteiger partial charge in [-0.25, -0.2) is 4.98 Å². The summed E-state index contributed by atoms with van der Waals surface area (Å²) >= 11 is 0. The van der Waals surface area contributed by atoms with Crippen LogP contribution in [0.3, 0.4) is 0 Å². The van der Waals surface area contributed by atoms with Gasteiger partial charge in [0.1, 0.15) is 11.7 Å². The molecule has 3 aromatic rings. The van der Waals surface area contributed by atoms with Gasteiger partial charge in [-0.05, 0) is 74.9 Å². The second-order valence-electron chi connectivity index (χ2n) is 17.7. The van der Waals surface area contributed by atoms with Gasteiger partial charge in [-0.15, -0.1) is 0 Å². The zero-order valence-electron chi connectivity index (χ0n) is 36.3. The van der Waals surface area contributed by atoms with Crippen LogP contribution in [0.5, 0.6) is 0 Å². The van der Waals surface area contributed by atoms with Crippen LogP contribution in [0.15, 0.2) is 42.6 Å². The molecule has 0 bridgehead atoms. The second kappa shape index (κ2) is 17.4. The number of hydrogen-bond donors (Lipinski definition) is 3. The maximum absolute atomic E-state index is 15.0. The quantitative estimate of drug-likeness (QED) is 0.265. The number of halogens is 2. The Morgan fingerprint density at radius 2 is 1.63 bits per heavy atom. The molecule has 18 nitrogen and oxygen atoms in total. The van der Waals surface area contributed by atoms with Crippen molar-refractivity contribution in [2.24, 2.45) is 0 Å². The van der Waals surface area contributed by atoms with Gasteiger partial charge in [0.25, 0.3) is 23.6 Å². The van der Waals surface area contributed by atoms with Crippen molar-refractivity contribution < 1.29 is 42.3 Å². The monoisotopic (exact) mass is 895 g/mol. The molecule has 0 radical (unpaired) electrons. The highest BCUT2D eigenvalue weighted by Crippen LogP contribution is 2.40. The van der Waals surface area contributed by atoms with E-state index in [9.17, 15) is 33.6 Å². The number of aromatic nitrogens is 2. The number of rotatable bonds is 9. The molecule has 1 saturated carbocycles. The SMILES string of the molecule is Cc1cc(C(=O)NC2CCN(C(=O)CN3CCN(c4cccc5c4C(=O)N(C4CCC(=O)NC4=O)C5=O)CC3)CC2)ccc1Nc1ncc2c(n1)N(C1CCCC1)CC(F)(F)C(=O)N2C. The molecular formula is C45H51F2N11O7. The number of piperazine rings is 1. The summed E-state index contributed by atoms with van der Waals surface area (Å²) in [7, 11) is 1.31. The van der Waals surface area contributed by atoms with Gasteiger partial charge in [-0.2, -0.15) is 13.8 Å². The molecule has 1 atom stereocenters. The van der Waals surface area contributed by atoms with Crippen LogP contribution < -0.4 is 30.7 Å². The van der Waals surface area contributed by atoms with Gasteiger partial charge in [-0.3, -0.25) is 48.7 Å². The van der Waals surface area contributed by atoms with Crippen molar-refractivity contribution in [2.75, 3.05) is 79.4 Å². The third-order valence-corrected chi connectivity index (χ3v) is 13.6. The fraction of sp³-hybridized carbons (Fsp3) is 0.489. The molecule has 0 spiro atoms. The minimum Gasteiger partial charge on any atom is -0.368 e. The van der Waals surface area contributed by atoms with Crippen molar-refractivity contribution in [3.8, 4) is 0 Å². The minimum atomic E-state index is -3.58. The standard InChI is InChI=1S/C45H51F2N11O7/c1-26-22-27(10-11-31(26)50-44-48-23-34-38(52-44)57(29-6-3-4-7-29)25-45(46,47)43(65)53(34)2)39(61)49-28-14-16-56(17-15-28)36(60)24-54-18-20-55(21-19-54)32-9-5-8-30-37(32)42(64)58(41(30)63)33-12-13-35(59)51-40(33)62/h5,8-11,22-23,28-29,33H,3-4,6-7,12-21,24-25H2,1-2H3,(H,49,61)(H,48,50,52)(H,51,59,62). The van der Waals surface area contributed by atoms with Gasteiger partial charge in [0.15, 0.2) is 5.82 Å². The fourth-order valence-corrected chi connectivity index (χ4v) is 9.91. The van der Waals surface area contributed by atoms with E-state index in [1.807, 2.05) is 16.7 Å². The Kier molecular flexibility index (Phi) is 11.7. The normalized spacial score (nSPS) is 21.9. The first-order chi connectivity index (χ1) is 31.2. The van der Waals surface area contributed by atoms with E-state index in [1.54, 1.807) is 41.3 Å². The van der Waals surface area contributed by atoms with Crippen molar-refractivity contribution in [3.05, 3.63) is 64.8 Å². The number of carbonyl (C=O) groups is 7. The molecule has 6 aliphatic rings. The number of fused-ring (bicyclic) bond motifs is 2. The number of benzene rings is 2. The lowest BCUT2D eigenvalue weighted by Crippen LogP contribution is -2.54. The molecule has 7 amide bonds. The topological polar surface area (TPSA) is 201 Å². The molecule has 6 heterocycles. The van der Waals surface area contributed by atoms with E-state index in [1.165, 1.54) is 13.2 Å². The third kappa shape index (κ3) is 8.46. The molecule has 20 heteroatoms. The highest BCUT2D eigenvalue weighted by Gasteiger charge is 2.49. The average molecular weight is 896 g/mol. The van der Waals surface area contributed by atoms with E-state index < -0.39 is 48.0 Å². The van der Waals surface area contributed by atoms with E-state index >= 15 is 8.78 Å². The number of aryl methyl sites for hydroxylation is 1.